The van der Waals surface area contributed by atoms with Crippen LogP contribution in [-0.4, -0.2) is 92.1 Å². The first-order valence-electron chi connectivity index (χ1n) is 11.7. The molecule has 0 bridgehead atoms. The molecule has 3 aliphatic rings. The molecule has 2 atom stereocenters. The summed E-state index contributed by atoms with van der Waals surface area (Å²) in [5.74, 6) is 1.26. The van der Waals surface area contributed by atoms with E-state index in [0.717, 1.165) is 42.6 Å². The van der Waals surface area contributed by atoms with Crippen LogP contribution in [0.2, 0.25) is 0 Å². The van der Waals surface area contributed by atoms with Crippen LogP contribution in [0.3, 0.4) is 0 Å². The number of likely N-dealkylation sites (tertiary alicyclic amines) is 2. The van der Waals surface area contributed by atoms with E-state index in [1.165, 1.54) is 0 Å². The zero-order valence-corrected chi connectivity index (χ0v) is 20.5. The second-order valence-electron chi connectivity index (χ2n) is 9.22. The third kappa shape index (κ3) is 6.02. The van der Waals surface area contributed by atoms with Gasteiger partial charge in [0.2, 0.25) is 11.8 Å². The summed E-state index contributed by atoms with van der Waals surface area (Å²) in [4.78, 5) is 32.4. The van der Waals surface area contributed by atoms with Crippen LogP contribution in [0.15, 0.2) is 28.7 Å². The zero-order chi connectivity index (χ0) is 22.5. The molecular weight excluding hydrogens is 474 g/mol. The summed E-state index contributed by atoms with van der Waals surface area (Å²) in [5.41, 5.74) is 0. The summed E-state index contributed by atoms with van der Waals surface area (Å²) in [6, 6.07) is 7.82. The van der Waals surface area contributed by atoms with Crippen LogP contribution >= 0.6 is 15.9 Å². The summed E-state index contributed by atoms with van der Waals surface area (Å²) in [6.45, 7) is 5.67. The predicted octanol–water partition coefficient (Wildman–Crippen LogP) is 2.64. The average molecular weight is 508 g/mol. The summed E-state index contributed by atoms with van der Waals surface area (Å²) in [7, 11) is 2.11. The van der Waals surface area contributed by atoms with Gasteiger partial charge in [-0.1, -0.05) is 22.0 Å². The number of carbonyl (C=O) groups excluding carboxylic acids is 2. The van der Waals surface area contributed by atoms with E-state index in [1.807, 2.05) is 34.1 Å². The fraction of sp³-hybridized carbons (Fsp3) is 0.667. The molecule has 0 unspecified atom stereocenters. The van der Waals surface area contributed by atoms with Crippen LogP contribution in [0.1, 0.15) is 25.7 Å². The van der Waals surface area contributed by atoms with Crippen molar-refractivity contribution in [2.24, 2.45) is 11.8 Å². The van der Waals surface area contributed by atoms with Crippen molar-refractivity contribution in [3.8, 4) is 5.75 Å². The van der Waals surface area contributed by atoms with Crippen molar-refractivity contribution < 1.29 is 19.1 Å². The highest BCUT2D eigenvalue weighted by Gasteiger charge is 2.37. The second-order valence-corrected chi connectivity index (χ2v) is 10.1. The highest BCUT2D eigenvalue weighted by Crippen LogP contribution is 2.30. The summed E-state index contributed by atoms with van der Waals surface area (Å²) in [5, 5.41) is 0. The van der Waals surface area contributed by atoms with Gasteiger partial charge in [0.1, 0.15) is 11.9 Å². The Morgan fingerprint density at radius 1 is 1.06 bits per heavy atom. The molecular formula is C24H34BrN3O4. The number of benzene rings is 1. The maximum atomic E-state index is 13.3. The Morgan fingerprint density at radius 2 is 1.81 bits per heavy atom. The number of halogens is 1. The molecule has 7 nitrogen and oxygen atoms in total. The number of hydrogen-bond donors (Lipinski definition) is 0. The first kappa shape index (κ1) is 23.5. The minimum Gasteiger partial charge on any atom is -0.490 e. The maximum Gasteiger partial charge on any atom is 0.225 e. The van der Waals surface area contributed by atoms with E-state index in [9.17, 15) is 9.59 Å². The molecule has 0 aromatic heterocycles. The van der Waals surface area contributed by atoms with Gasteiger partial charge in [0.15, 0.2) is 0 Å². The number of ether oxygens (including phenoxy) is 2. The molecule has 0 aliphatic carbocycles. The van der Waals surface area contributed by atoms with Crippen LogP contribution in [0.25, 0.3) is 0 Å². The van der Waals surface area contributed by atoms with E-state index >= 15 is 0 Å². The predicted molar refractivity (Wildman–Crippen MR) is 125 cm³/mol. The van der Waals surface area contributed by atoms with Gasteiger partial charge < -0.3 is 24.2 Å². The number of morpholine rings is 1. The summed E-state index contributed by atoms with van der Waals surface area (Å²) < 4.78 is 12.7. The van der Waals surface area contributed by atoms with E-state index in [4.69, 9.17) is 9.47 Å². The summed E-state index contributed by atoms with van der Waals surface area (Å²) in [6.07, 6.45) is 2.89. The lowest BCUT2D eigenvalue weighted by Crippen LogP contribution is -2.52. The Morgan fingerprint density at radius 3 is 2.53 bits per heavy atom. The lowest BCUT2D eigenvalue weighted by molar-refractivity contribution is -0.144. The Bertz CT molecular complexity index is 793. The smallest absolute Gasteiger partial charge is 0.225 e. The van der Waals surface area contributed by atoms with Crippen molar-refractivity contribution >= 4 is 27.7 Å². The third-order valence-electron chi connectivity index (χ3n) is 6.93. The second kappa shape index (κ2) is 11.0. The highest BCUT2D eigenvalue weighted by atomic mass is 79.9. The lowest BCUT2D eigenvalue weighted by atomic mass is 9.88. The fourth-order valence-corrected chi connectivity index (χ4v) is 5.34. The van der Waals surface area contributed by atoms with Crippen LogP contribution in [0, 0.1) is 11.8 Å². The normalized spacial score (nSPS) is 25.6. The largest absolute Gasteiger partial charge is 0.490 e. The minimum atomic E-state index is -0.0872. The molecule has 176 valence electrons. The Kier molecular flexibility index (Phi) is 8.07. The van der Waals surface area contributed by atoms with Crippen molar-refractivity contribution in [1.82, 2.24) is 14.7 Å². The molecule has 3 fully saturated rings. The molecule has 32 heavy (non-hydrogen) atoms. The van der Waals surface area contributed by atoms with Crippen molar-refractivity contribution in [1.29, 1.82) is 0 Å². The number of amides is 2. The molecule has 3 heterocycles. The van der Waals surface area contributed by atoms with Crippen molar-refractivity contribution in [3.63, 3.8) is 0 Å². The quantitative estimate of drug-likeness (QED) is 0.612. The van der Waals surface area contributed by atoms with Gasteiger partial charge in [-0.15, -0.1) is 0 Å². The highest BCUT2D eigenvalue weighted by molar-refractivity contribution is 9.10. The number of piperidine rings is 2. The van der Waals surface area contributed by atoms with Gasteiger partial charge in [-0.2, -0.15) is 0 Å². The fourth-order valence-electron chi connectivity index (χ4n) is 4.96. The van der Waals surface area contributed by atoms with Crippen molar-refractivity contribution in [2.45, 2.75) is 31.8 Å². The maximum absolute atomic E-state index is 13.3. The van der Waals surface area contributed by atoms with Crippen molar-refractivity contribution in [3.05, 3.63) is 28.7 Å². The Balaban J connectivity index is 1.44. The van der Waals surface area contributed by atoms with Crippen LogP contribution in [0.5, 0.6) is 5.75 Å². The number of hydrogen-bond acceptors (Lipinski definition) is 5. The molecule has 8 heteroatoms. The standard InChI is InChI=1S/C24H34BrN3O4/c1-26-8-5-18(6-9-26)24(30)28-10-7-22(32-21-4-2-3-20(25)16-21)19(17-28)15-23(29)27-11-13-31-14-12-27/h2-4,16,18-19,22H,5-15,17H2,1H3/t19-,22-/m0/s1. The minimum absolute atomic E-state index is 0.0201. The van der Waals surface area contributed by atoms with E-state index in [2.05, 4.69) is 27.9 Å². The van der Waals surface area contributed by atoms with Gasteiger partial charge in [0.25, 0.3) is 0 Å². The van der Waals surface area contributed by atoms with Gasteiger partial charge in [0.05, 0.1) is 13.2 Å². The van der Waals surface area contributed by atoms with Crippen LogP contribution < -0.4 is 4.74 Å². The molecule has 1 aromatic carbocycles. The molecule has 0 saturated carbocycles. The third-order valence-corrected chi connectivity index (χ3v) is 7.42. The molecule has 1 aromatic rings. The van der Waals surface area contributed by atoms with Crippen LogP contribution in [-0.2, 0) is 14.3 Å². The van der Waals surface area contributed by atoms with E-state index in [0.29, 0.717) is 45.8 Å². The Labute approximate surface area is 199 Å². The van der Waals surface area contributed by atoms with Crippen molar-refractivity contribution in [2.75, 3.05) is 59.5 Å². The molecule has 2 amide bonds. The Hall–Kier alpha value is -1.64. The molecule has 0 N–H and O–H groups in total. The monoisotopic (exact) mass is 507 g/mol. The molecule has 4 rings (SSSR count). The van der Waals surface area contributed by atoms with E-state index < -0.39 is 0 Å². The first-order chi connectivity index (χ1) is 15.5. The van der Waals surface area contributed by atoms with Crippen LogP contribution in [0.4, 0.5) is 0 Å². The SMILES string of the molecule is CN1CCC(C(=O)N2CC[C@H](Oc3cccc(Br)c3)[C@@H](CC(=O)N3CCOCC3)C2)CC1. The topological polar surface area (TPSA) is 62.3 Å². The van der Waals surface area contributed by atoms with Gasteiger partial charge in [0, 0.05) is 55.3 Å². The molecule has 0 radical (unpaired) electrons. The van der Waals surface area contributed by atoms with Gasteiger partial charge >= 0.3 is 0 Å². The van der Waals surface area contributed by atoms with E-state index in [-0.39, 0.29) is 29.8 Å². The number of nitrogens with zero attached hydrogens (tertiary/aromatic N) is 3. The average Bonchev–Trinajstić information content (AvgIpc) is 2.81. The van der Waals surface area contributed by atoms with Gasteiger partial charge in [-0.3, -0.25) is 9.59 Å². The molecule has 0 spiro atoms. The van der Waals surface area contributed by atoms with Gasteiger partial charge in [-0.05, 0) is 51.2 Å². The molecule has 3 saturated heterocycles. The first-order valence-corrected chi connectivity index (χ1v) is 12.5. The summed E-state index contributed by atoms with van der Waals surface area (Å²) >= 11 is 3.50. The lowest BCUT2D eigenvalue weighted by Gasteiger charge is -2.41. The molecule has 3 aliphatic heterocycles. The zero-order valence-electron chi connectivity index (χ0n) is 18.9. The number of rotatable bonds is 5. The number of carbonyl (C=O) groups is 2. The van der Waals surface area contributed by atoms with E-state index in [1.54, 1.807) is 0 Å². The van der Waals surface area contributed by atoms with Gasteiger partial charge in [-0.25, -0.2) is 0 Å².